The van der Waals surface area contributed by atoms with E-state index in [4.69, 9.17) is 12.6 Å². The minimum absolute atomic E-state index is 0.0368. The minimum Gasteiger partial charge on any atom is -0.491 e. The Morgan fingerprint density at radius 2 is 1.79 bits per heavy atom. The number of rotatable bonds is 3. The first kappa shape index (κ1) is 20.5. The number of nitrogens with zero attached hydrogens (tertiary/aromatic N) is 2. The lowest BCUT2D eigenvalue weighted by Crippen LogP contribution is -2.27. The Morgan fingerprint density at radius 1 is 1.17 bits per heavy atom. The molecule has 1 aliphatic carbocycles. The van der Waals surface area contributed by atoms with E-state index in [1.807, 2.05) is 33.8 Å². The first-order chi connectivity index (χ1) is 11.6. The van der Waals surface area contributed by atoms with Gasteiger partial charge in [-0.2, -0.15) is 5.10 Å². The number of hydrogen-bond donors (Lipinski definition) is 0. The van der Waals surface area contributed by atoms with Gasteiger partial charge in [-0.25, -0.2) is 13.3 Å². The Bertz CT molecular complexity index is 606. The average Bonchev–Trinajstić information content (AvgIpc) is 3.10. The number of pyridine rings is 1. The molecule has 0 bridgehead atoms. The SMILES string of the molecule is CC.CC.[B]c1ccc(OCC2CCC(F)(F)CC2)c2ccnn12. The van der Waals surface area contributed by atoms with Gasteiger partial charge in [0, 0.05) is 12.8 Å². The van der Waals surface area contributed by atoms with Gasteiger partial charge in [0.05, 0.1) is 12.8 Å². The van der Waals surface area contributed by atoms with E-state index >= 15 is 0 Å². The van der Waals surface area contributed by atoms with Crippen LogP contribution in [0.3, 0.4) is 0 Å². The lowest BCUT2D eigenvalue weighted by molar-refractivity contribution is -0.0498. The van der Waals surface area contributed by atoms with Crippen molar-refractivity contribution in [3.05, 3.63) is 24.4 Å². The van der Waals surface area contributed by atoms with Gasteiger partial charge in [0.2, 0.25) is 5.92 Å². The Morgan fingerprint density at radius 3 is 2.42 bits per heavy atom. The van der Waals surface area contributed by atoms with Crippen molar-refractivity contribution >= 4 is 19.0 Å². The maximum Gasteiger partial charge on any atom is 0.248 e. The van der Waals surface area contributed by atoms with Crippen LogP contribution in [0.15, 0.2) is 24.4 Å². The average molecular weight is 336 g/mol. The van der Waals surface area contributed by atoms with E-state index in [2.05, 4.69) is 5.10 Å². The van der Waals surface area contributed by atoms with Crippen LogP contribution in [0.5, 0.6) is 5.75 Å². The van der Waals surface area contributed by atoms with E-state index in [1.165, 1.54) is 0 Å². The lowest BCUT2D eigenvalue weighted by Gasteiger charge is -2.28. The summed E-state index contributed by atoms with van der Waals surface area (Å²) in [6.07, 6.45) is 2.60. The van der Waals surface area contributed by atoms with Gasteiger partial charge in [-0.15, -0.1) is 0 Å². The van der Waals surface area contributed by atoms with Gasteiger partial charge in [-0.3, -0.25) is 0 Å². The molecular weight excluding hydrogens is 309 g/mol. The van der Waals surface area contributed by atoms with Crippen molar-refractivity contribution in [1.82, 2.24) is 9.61 Å². The molecule has 0 saturated heterocycles. The Kier molecular flexibility index (Phi) is 8.22. The van der Waals surface area contributed by atoms with E-state index in [0.717, 1.165) is 5.52 Å². The molecule has 6 heteroatoms. The van der Waals surface area contributed by atoms with Gasteiger partial charge in [0.25, 0.3) is 0 Å². The second-order valence-electron chi connectivity index (χ2n) is 5.36. The number of fused-ring (bicyclic) bond motifs is 1. The van der Waals surface area contributed by atoms with E-state index < -0.39 is 5.92 Å². The summed E-state index contributed by atoms with van der Waals surface area (Å²) >= 11 is 0. The maximum absolute atomic E-state index is 13.1. The van der Waals surface area contributed by atoms with Crippen LogP contribution in [-0.2, 0) is 0 Å². The largest absolute Gasteiger partial charge is 0.491 e. The molecule has 2 aromatic rings. The third kappa shape index (κ3) is 5.21. The number of aromatic nitrogens is 2. The molecule has 1 aliphatic rings. The van der Waals surface area contributed by atoms with E-state index in [1.54, 1.807) is 22.8 Å². The van der Waals surface area contributed by atoms with Crippen molar-refractivity contribution in [2.45, 2.75) is 59.3 Å². The van der Waals surface area contributed by atoms with Crippen LogP contribution >= 0.6 is 0 Å². The fourth-order valence-corrected chi connectivity index (χ4v) is 2.61. The van der Waals surface area contributed by atoms with Crippen molar-refractivity contribution in [3.63, 3.8) is 0 Å². The van der Waals surface area contributed by atoms with Crippen LogP contribution in [0.1, 0.15) is 53.4 Å². The quantitative estimate of drug-likeness (QED) is 0.778. The molecule has 0 atom stereocenters. The van der Waals surface area contributed by atoms with Crippen LogP contribution in [-0.4, -0.2) is 30.0 Å². The lowest BCUT2D eigenvalue weighted by atomic mass is 9.87. The standard InChI is InChI=1S/C14H15BF2N2O.2C2H6/c15-13-2-1-12(11-5-8-18-19(11)13)20-9-10-3-6-14(16,17)7-4-10;2*1-2/h1-2,5,8,10H,3-4,6-7,9H2;2*1-2H3. The van der Waals surface area contributed by atoms with Gasteiger partial charge in [-0.1, -0.05) is 27.7 Å². The van der Waals surface area contributed by atoms with E-state index in [9.17, 15) is 8.78 Å². The first-order valence-corrected chi connectivity index (χ1v) is 8.78. The molecule has 0 aromatic carbocycles. The van der Waals surface area contributed by atoms with E-state index in [-0.39, 0.29) is 18.8 Å². The minimum atomic E-state index is -2.49. The zero-order valence-corrected chi connectivity index (χ0v) is 15.1. The van der Waals surface area contributed by atoms with Gasteiger partial charge >= 0.3 is 0 Å². The summed E-state index contributed by atoms with van der Waals surface area (Å²) in [5.41, 5.74) is 1.33. The maximum atomic E-state index is 13.1. The van der Waals surface area contributed by atoms with Gasteiger partial charge in [-0.05, 0) is 42.6 Å². The van der Waals surface area contributed by atoms with Crippen molar-refractivity contribution in [1.29, 1.82) is 0 Å². The molecule has 132 valence electrons. The highest BCUT2D eigenvalue weighted by Crippen LogP contribution is 2.36. The van der Waals surface area contributed by atoms with Crippen LogP contribution < -0.4 is 10.3 Å². The number of halogens is 2. The van der Waals surface area contributed by atoms with Crippen LogP contribution in [0.2, 0.25) is 0 Å². The monoisotopic (exact) mass is 336 g/mol. The zero-order chi connectivity index (χ0) is 18.2. The topological polar surface area (TPSA) is 26.5 Å². The summed E-state index contributed by atoms with van der Waals surface area (Å²) in [6.45, 7) is 8.46. The highest BCUT2D eigenvalue weighted by atomic mass is 19.3. The molecule has 0 amide bonds. The van der Waals surface area contributed by atoms with Crippen LogP contribution in [0, 0.1) is 5.92 Å². The second kappa shape index (κ2) is 9.65. The number of ether oxygens (including phenoxy) is 1. The smallest absolute Gasteiger partial charge is 0.248 e. The third-order valence-electron chi connectivity index (χ3n) is 3.86. The summed E-state index contributed by atoms with van der Waals surface area (Å²) in [5, 5.41) is 4.11. The predicted molar refractivity (Wildman–Crippen MR) is 95.7 cm³/mol. The van der Waals surface area contributed by atoms with E-state index in [0.29, 0.717) is 30.8 Å². The van der Waals surface area contributed by atoms with Crippen molar-refractivity contribution in [2.24, 2.45) is 5.92 Å². The molecule has 3 nitrogen and oxygen atoms in total. The Balaban J connectivity index is 0.000000671. The molecule has 2 heterocycles. The highest BCUT2D eigenvalue weighted by Gasteiger charge is 2.35. The molecular formula is C18H27BF2N2O. The fraction of sp³-hybridized carbons (Fsp3) is 0.611. The van der Waals surface area contributed by atoms with Crippen molar-refractivity contribution in [2.75, 3.05) is 6.61 Å². The molecule has 3 rings (SSSR count). The molecule has 1 saturated carbocycles. The van der Waals surface area contributed by atoms with Crippen molar-refractivity contribution < 1.29 is 13.5 Å². The summed E-state index contributed by atoms with van der Waals surface area (Å²) in [7, 11) is 5.80. The highest BCUT2D eigenvalue weighted by molar-refractivity contribution is 6.31. The summed E-state index contributed by atoms with van der Waals surface area (Å²) in [6, 6.07) is 5.34. The Labute approximate surface area is 144 Å². The first-order valence-electron chi connectivity index (χ1n) is 8.78. The number of hydrogen-bond acceptors (Lipinski definition) is 2. The molecule has 0 spiro atoms. The molecule has 2 aromatic heterocycles. The predicted octanol–water partition coefficient (Wildman–Crippen LogP) is 4.38. The van der Waals surface area contributed by atoms with Crippen LogP contribution in [0.25, 0.3) is 5.52 Å². The summed E-state index contributed by atoms with van der Waals surface area (Å²) < 4.78 is 33.6. The molecule has 0 unspecified atom stereocenters. The van der Waals surface area contributed by atoms with Crippen molar-refractivity contribution in [3.8, 4) is 5.75 Å². The zero-order valence-electron chi connectivity index (χ0n) is 15.1. The Hall–Kier alpha value is -1.59. The molecule has 1 fully saturated rings. The molecule has 0 aliphatic heterocycles. The molecule has 2 radical (unpaired) electrons. The molecule has 24 heavy (non-hydrogen) atoms. The van der Waals surface area contributed by atoms with Gasteiger partial charge in [0.1, 0.15) is 19.1 Å². The summed E-state index contributed by atoms with van der Waals surface area (Å²) in [5.74, 6) is -1.61. The summed E-state index contributed by atoms with van der Waals surface area (Å²) in [4.78, 5) is 0. The normalized spacial score (nSPS) is 16.6. The fourth-order valence-electron chi connectivity index (χ4n) is 2.61. The number of alkyl halides is 2. The third-order valence-corrected chi connectivity index (χ3v) is 3.86. The molecule has 0 N–H and O–H groups in total. The van der Waals surface area contributed by atoms with Gasteiger partial charge in [0.15, 0.2) is 0 Å². The second-order valence-corrected chi connectivity index (χ2v) is 5.36. The van der Waals surface area contributed by atoms with Gasteiger partial charge < -0.3 is 4.74 Å². The van der Waals surface area contributed by atoms with Crippen LogP contribution in [0.4, 0.5) is 8.78 Å².